The van der Waals surface area contributed by atoms with Gasteiger partial charge in [0.25, 0.3) is 0 Å². The minimum absolute atomic E-state index is 0.0480. The lowest BCUT2D eigenvalue weighted by molar-refractivity contribution is -0.151. The summed E-state index contributed by atoms with van der Waals surface area (Å²) in [6, 6.07) is 10.1. The quantitative estimate of drug-likeness (QED) is 0.921. The zero-order valence-electron chi connectivity index (χ0n) is 13.3. The Hall–Kier alpha value is -1.55. The fourth-order valence-electron chi connectivity index (χ4n) is 2.42. The molecular formula is C17H25NO3. The van der Waals surface area contributed by atoms with Crippen LogP contribution in [0.3, 0.4) is 0 Å². The van der Waals surface area contributed by atoms with Crippen molar-refractivity contribution in [3.05, 3.63) is 35.9 Å². The van der Waals surface area contributed by atoms with Gasteiger partial charge in [0.15, 0.2) is 0 Å². The molecule has 1 aromatic carbocycles. The van der Waals surface area contributed by atoms with Gasteiger partial charge in [-0.15, -0.1) is 0 Å². The average molecular weight is 291 g/mol. The van der Waals surface area contributed by atoms with Crippen LogP contribution in [-0.4, -0.2) is 23.3 Å². The zero-order valence-corrected chi connectivity index (χ0v) is 13.3. The summed E-state index contributed by atoms with van der Waals surface area (Å²) in [6.07, 6.45) is 1.10. The van der Waals surface area contributed by atoms with E-state index in [2.05, 4.69) is 12.2 Å². The van der Waals surface area contributed by atoms with Crippen molar-refractivity contribution in [2.24, 2.45) is 0 Å². The van der Waals surface area contributed by atoms with E-state index in [1.54, 1.807) is 0 Å². The Balaban J connectivity index is 1.71. The molecule has 0 saturated heterocycles. The van der Waals surface area contributed by atoms with E-state index in [4.69, 9.17) is 9.47 Å². The van der Waals surface area contributed by atoms with E-state index in [1.165, 1.54) is 0 Å². The molecule has 0 atom stereocenters. The Kier molecular flexibility index (Phi) is 4.57. The van der Waals surface area contributed by atoms with E-state index >= 15 is 0 Å². The second-order valence-corrected chi connectivity index (χ2v) is 7.03. The molecule has 4 heteroatoms. The van der Waals surface area contributed by atoms with Crippen molar-refractivity contribution < 1.29 is 14.3 Å². The van der Waals surface area contributed by atoms with Gasteiger partial charge in [0.1, 0.15) is 6.10 Å². The molecule has 2 rings (SSSR count). The van der Waals surface area contributed by atoms with Crippen LogP contribution in [0.25, 0.3) is 0 Å². The normalized spacial score (nSPS) is 25.0. The van der Waals surface area contributed by atoms with Crippen LogP contribution in [0.4, 0.5) is 4.79 Å². The van der Waals surface area contributed by atoms with Crippen molar-refractivity contribution in [2.45, 2.75) is 64.4 Å². The van der Waals surface area contributed by atoms with Gasteiger partial charge < -0.3 is 14.8 Å². The van der Waals surface area contributed by atoms with Gasteiger partial charge in [0.2, 0.25) is 0 Å². The highest BCUT2D eigenvalue weighted by Crippen LogP contribution is 2.38. The number of alkyl carbamates (subject to hydrolysis) is 1. The van der Waals surface area contributed by atoms with Gasteiger partial charge in [0, 0.05) is 18.4 Å². The Morgan fingerprint density at radius 3 is 2.48 bits per heavy atom. The topological polar surface area (TPSA) is 47.6 Å². The molecule has 1 fully saturated rings. The third-order valence-electron chi connectivity index (χ3n) is 3.50. The summed E-state index contributed by atoms with van der Waals surface area (Å²) in [5.41, 5.74) is 0.699. The minimum Gasteiger partial charge on any atom is -0.446 e. The number of hydrogen-bond donors (Lipinski definition) is 1. The highest BCUT2D eigenvalue weighted by atomic mass is 16.6. The van der Waals surface area contributed by atoms with Gasteiger partial charge in [0.05, 0.1) is 12.2 Å². The fraction of sp³-hybridized carbons (Fsp3) is 0.588. The zero-order chi connectivity index (χ0) is 15.5. The van der Waals surface area contributed by atoms with Crippen LogP contribution < -0.4 is 5.32 Å². The number of rotatable bonds is 4. The highest BCUT2D eigenvalue weighted by Gasteiger charge is 2.43. The Morgan fingerprint density at radius 1 is 1.29 bits per heavy atom. The number of carbonyl (C=O) groups is 1. The first-order chi connectivity index (χ1) is 9.76. The summed E-state index contributed by atoms with van der Waals surface area (Å²) in [7, 11) is 0. The first kappa shape index (κ1) is 15.8. The number of ether oxygens (including phenoxy) is 2. The highest BCUT2D eigenvalue weighted by molar-refractivity contribution is 5.68. The molecular weight excluding hydrogens is 266 g/mol. The lowest BCUT2D eigenvalue weighted by Crippen LogP contribution is -2.51. The summed E-state index contributed by atoms with van der Waals surface area (Å²) in [6.45, 7) is 8.46. The molecule has 116 valence electrons. The molecule has 1 amide bonds. The monoisotopic (exact) mass is 291 g/mol. The molecule has 0 bridgehead atoms. The van der Waals surface area contributed by atoms with E-state index in [0.717, 1.165) is 18.4 Å². The second-order valence-electron chi connectivity index (χ2n) is 7.03. The second kappa shape index (κ2) is 6.06. The molecule has 0 heterocycles. The van der Waals surface area contributed by atoms with Crippen LogP contribution in [0.15, 0.2) is 30.3 Å². The number of amides is 1. The van der Waals surface area contributed by atoms with Crippen molar-refractivity contribution in [1.29, 1.82) is 0 Å². The smallest absolute Gasteiger partial charge is 0.407 e. The molecule has 21 heavy (non-hydrogen) atoms. The SMILES string of the molecule is CC(C)(C)NC(=O)OC1CC(C)(OCc2ccccc2)C1. The van der Waals surface area contributed by atoms with Crippen molar-refractivity contribution in [3.63, 3.8) is 0 Å². The van der Waals surface area contributed by atoms with E-state index in [0.29, 0.717) is 6.61 Å². The van der Waals surface area contributed by atoms with Crippen LogP contribution in [0.2, 0.25) is 0 Å². The summed E-state index contributed by atoms with van der Waals surface area (Å²) in [4.78, 5) is 11.7. The molecule has 1 N–H and O–H groups in total. The standard InChI is InChI=1S/C17H25NO3/c1-16(2,3)18-15(19)21-14-10-17(4,11-14)20-12-13-8-6-5-7-9-13/h5-9,14H,10-12H2,1-4H3,(H,18,19). The molecule has 0 aromatic heterocycles. The Morgan fingerprint density at radius 2 is 1.90 bits per heavy atom. The summed E-state index contributed by atoms with van der Waals surface area (Å²) < 4.78 is 11.3. The largest absolute Gasteiger partial charge is 0.446 e. The Labute approximate surface area is 126 Å². The molecule has 1 saturated carbocycles. The summed E-state index contributed by atoms with van der Waals surface area (Å²) >= 11 is 0. The third-order valence-corrected chi connectivity index (χ3v) is 3.50. The van der Waals surface area contributed by atoms with Gasteiger partial charge in [-0.3, -0.25) is 0 Å². The average Bonchev–Trinajstić information content (AvgIpc) is 2.33. The van der Waals surface area contributed by atoms with Crippen LogP contribution in [0.5, 0.6) is 0 Å². The maximum Gasteiger partial charge on any atom is 0.407 e. The van der Waals surface area contributed by atoms with Gasteiger partial charge in [-0.25, -0.2) is 4.79 Å². The Bertz CT molecular complexity index is 473. The first-order valence-electron chi connectivity index (χ1n) is 7.42. The molecule has 1 aliphatic carbocycles. The lowest BCUT2D eigenvalue weighted by Gasteiger charge is -2.44. The molecule has 4 nitrogen and oxygen atoms in total. The third kappa shape index (κ3) is 5.05. The van der Waals surface area contributed by atoms with Crippen molar-refractivity contribution in [3.8, 4) is 0 Å². The van der Waals surface area contributed by atoms with Crippen LogP contribution in [0.1, 0.15) is 46.1 Å². The van der Waals surface area contributed by atoms with E-state index < -0.39 is 0 Å². The molecule has 0 aliphatic heterocycles. The predicted octanol–water partition coefficient (Wildman–Crippen LogP) is 3.65. The van der Waals surface area contributed by atoms with E-state index in [-0.39, 0.29) is 23.3 Å². The molecule has 1 aromatic rings. The predicted molar refractivity (Wildman–Crippen MR) is 82.0 cm³/mol. The van der Waals surface area contributed by atoms with Crippen LogP contribution in [-0.2, 0) is 16.1 Å². The maximum absolute atomic E-state index is 11.7. The number of benzene rings is 1. The summed E-state index contributed by atoms with van der Waals surface area (Å²) in [5, 5.41) is 2.80. The van der Waals surface area contributed by atoms with E-state index in [9.17, 15) is 4.79 Å². The van der Waals surface area contributed by atoms with Gasteiger partial charge in [-0.05, 0) is 33.3 Å². The van der Waals surface area contributed by atoms with E-state index in [1.807, 2.05) is 51.1 Å². The number of nitrogens with one attached hydrogen (secondary N) is 1. The molecule has 0 unspecified atom stereocenters. The number of carbonyl (C=O) groups excluding carboxylic acids is 1. The molecule has 0 radical (unpaired) electrons. The lowest BCUT2D eigenvalue weighted by atomic mass is 9.79. The van der Waals surface area contributed by atoms with Crippen molar-refractivity contribution in [2.75, 3.05) is 0 Å². The fourth-order valence-corrected chi connectivity index (χ4v) is 2.42. The van der Waals surface area contributed by atoms with Crippen LogP contribution >= 0.6 is 0 Å². The van der Waals surface area contributed by atoms with Crippen LogP contribution in [0, 0.1) is 0 Å². The molecule has 1 aliphatic rings. The number of hydrogen-bond acceptors (Lipinski definition) is 3. The van der Waals surface area contributed by atoms with Gasteiger partial charge >= 0.3 is 6.09 Å². The molecule has 0 spiro atoms. The maximum atomic E-state index is 11.7. The van der Waals surface area contributed by atoms with Crippen molar-refractivity contribution in [1.82, 2.24) is 5.32 Å². The minimum atomic E-state index is -0.349. The van der Waals surface area contributed by atoms with Crippen molar-refractivity contribution >= 4 is 6.09 Å². The first-order valence-corrected chi connectivity index (χ1v) is 7.42. The van der Waals surface area contributed by atoms with Gasteiger partial charge in [-0.2, -0.15) is 0 Å². The summed E-state index contributed by atoms with van der Waals surface area (Å²) in [5.74, 6) is 0. The van der Waals surface area contributed by atoms with Gasteiger partial charge in [-0.1, -0.05) is 30.3 Å².